The van der Waals surface area contributed by atoms with E-state index >= 15 is 0 Å². The Morgan fingerprint density at radius 3 is 2.14 bits per heavy atom. The first kappa shape index (κ1) is 22.4. The number of nitriles is 1. The first-order valence-corrected chi connectivity index (χ1v) is 9.90. The van der Waals surface area contributed by atoms with Crippen LogP contribution in [0, 0.1) is 11.3 Å². The normalized spacial score (nSPS) is 12.1. The van der Waals surface area contributed by atoms with Crippen LogP contribution in [-0.2, 0) is 14.3 Å². The standard InChI is InChI=1S/C24H29NO4/c1-5-27-22(23(26)29-24(2,3)4)7-6-16-28-21-14-12-20(13-15-21)19-10-8-18(17-25)9-11-19/h8-15,22H,5-7,16H2,1-4H3. The van der Waals surface area contributed by atoms with Crippen molar-refractivity contribution < 1.29 is 19.0 Å². The van der Waals surface area contributed by atoms with Crippen LogP contribution in [0.3, 0.4) is 0 Å². The van der Waals surface area contributed by atoms with Gasteiger partial charge in [0.15, 0.2) is 6.10 Å². The van der Waals surface area contributed by atoms with Gasteiger partial charge in [-0.1, -0.05) is 24.3 Å². The Bertz CT molecular complexity index is 814. The topological polar surface area (TPSA) is 68.5 Å². The van der Waals surface area contributed by atoms with Gasteiger partial charge >= 0.3 is 5.97 Å². The van der Waals surface area contributed by atoms with Crippen molar-refractivity contribution in [3.63, 3.8) is 0 Å². The van der Waals surface area contributed by atoms with E-state index in [2.05, 4.69) is 6.07 Å². The van der Waals surface area contributed by atoms with Crippen molar-refractivity contribution in [1.29, 1.82) is 5.26 Å². The predicted octanol–water partition coefficient (Wildman–Crippen LogP) is 5.13. The summed E-state index contributed by atoms with van der Waals surface area (Å²) in [6.07, 6.45) is 0.662. The fourth-order valence-electron chi connectivity index (χ4n) is 2.78. The molecule has 1 atom stereocenters. The number of rotatable bonds is 9. The largest absolute Gasteiger partial charge is 0.494 e. The summed E-state index contributed by atoms with van der Waals surface area (Å²) in [6.45, 7) is 8.35. The second-order valence-corrected chi connectivity index (χ2v) is 7.68. The van der Waals surface area contributed by atoms with Crippen LogP contribution in [0.4, 0.5) is 0 Å². The lowest BCUT2D eigenvalue weighted by atomic mass is 10.0. The highest BCUT2D eigenvalue weighted by Gasteiger charge is 2.25. The van der Waals surface area contributed by atoms with E-state index in [-0.39, 0.29) is 5.97 Å². The molecule has 0 spiro atoms. The Labute approximate surface area is 173 Å². The maximum Gasteiger partial charge on any atom is 0.335 e. The van der Waals surface area contributed by atoms with Crippen molar-refractivity contribution in [1.82, 2.24) is 0 Å². The van der Waals surface area contributed by atoms with Gasteiger partial charge in [0.1, 0.15) is 11.4 Å². The van der Waals surface area contributed by atoms with E-state index in [1.165, 1.54) is 0 Å². The molecule has 0 saturated heterocycles. The highest BCUT2D eigenvalue weighted by Crippen LogP contribution is 2.23. The number of benzene rings is 2. The molecule has 0 saturated carbocycles. The number of hydrogen-bond donors (Lipinski definition) is 0. The van der Waals surface area contributed by atoms with Crippen molar-refractivity contribution in [3.8, 4) is 22.9 Å². The smallest absolute Gasteiger partial charge is 0.335 e. The van der Waals surface area contributed by atoms with Gasteiger partial charge in [0.25, 0.3) is 0 Å². The summed E-state index contributed by atoms with van der Waals surface area (Å²) in [5, 5.41) is 8.88. The third kappa shape index (κ3) is 7.59. The summed E-state index contributed by atoms with van der Waals surface area (Å²) >= 11 is 0. The van der Waals surface area contributed by atoms with Gasteiger partial charge in [-0.15, -0.1) is 0 Å². The summed E-state index contributed by atoms with van der Waals surface area (Å²) in [7, 11) is 0. The number of carbonyl (C=O) groups is 1. The fraction of sp³-hybridized carbons (Fsp3) is 0.417. The van der Waals surface area contributed by atoms with Crippen molar-refractivity contribution in [2.75, 3.05) is 13.2 Å². The van der Waals surface area contributed by atoms with Gasteiger partial charge in [-0.2, -0.15) is 5.26 Å². The van der Waals surface area contributed by atoms with Gasteiger partial charge in [-0.05, 0) is 75.9 Å². The Balaban J connectivity index is 1.83. The molecule has 2 aromatic rings. The average molecular weight is 395 g/mol. The molecule has 0 amide bonds. The number of ether oxygens (including phenoxy) is 3. The van der Waals surface area contributed by atoms with E-state index < -0.39 is 11.7 Å². The predicted molar refractivity (Wildman–Crippen MR) is 113 cm³/mol. The summed E-state index contributed by atoms with van der Waals surface area (Å²) < 4.78 is 16.7. The zero-order valence-electron chi connectivity index (χ0n) is 17.6. The van der Waals surface area contributed by atoms with Crippen molar-refractivity contribution >= 4 is 5.97 Å². The molecule has 5 heteroatoms. The Kier molecular flexibility index (Phi) is 8.23. The molecule has 0 radical (unpaired) electrons. The molecule has 2 aromatic carbocycles. The second-order valence-electron chi connectivity index (χ2n) is 7.68. The minimum atomic E-state index is -0.568. The van der Waals surface area contributed by atoms with Crippen LogP contribution in [0.2, 0.25) is 0 Å². The van der Waals surface area contributed by atoms with Crippen LogP contribution in [0.25, 0.3) is 11.1 Å². The zero-order valence-corrected chi connectivity index (χ0v) is 17.6. The van der Waals surface area contributed by atoms with Crippen LogP contribution in [0.1, 0.15) is 46.1 Å². The molecule has 0 aromatic heterocycles. The van der Waals surface area contributed by atoms with Crippen LogP contribution in [0.5, 0.6) is 5.75 Å². The van der Waals surface area contributed by atoms with E-state index in [1.54, 1.807) is 12.1 Å². The van der Waals surface area contributed by atoms with Gasteiger partial charge in [0.2, 0.25) is 0 Å². The number of carbonyl (C=O) groups excluding carboxylic acids is 1. The minimum absolute atomic E-state index is 0.328. The summed E-state index contributed by atoms with van der Waals surface area (Å²) in [5.41, 5.74) is 2.22. The molecule has 0 bridgehead atoms. The Morgan fingerprint density at radius 1 is 1.03 bits per heavy atom. The zero-order chi connectivity index (χ0) is 21.3. The first-order chi connectivity index (χ1) is 13.8. The van der Waals surface area contributed by atoms with Gasteiger partial charge in [0, 0.05) is 6.61 Å². The summed E-state index contributed by atoms with van der Waals surface area (Å²) in [4.78, 5) is 12.2. The minimum Gasteiger partial charge on any atom is -0.494 e. The fourth-order valence-corrected chi connectivity index (χ4v) is 2.78. The lowest BCUT2D eigenvalue weighted by Gasteiger charge is -2.23. The molecule has 2 rings (SSSR count). The van der Waals surface area contributed by atoms with Gasteiger partial charge in [0.05, 0.1) is 18.2 Å². The van der Waals surface area contributed by atoms with Gasteiger partial charge < -0.3 is 14.2 Å². The molecule has 0 aliphatic carbocycles. The highest BCUT2D eigenvalue weighted by molar-refractivity contribution is 5.75. The van der Waals surface area contributed by atoms with Gasteiger partial charge in [-0.25, -0.2) is 4.79 Å². The molecule has 0 heterocycles. The van der Waals surface area contributed by atoms with E-state index in [9.17, 15) is 4.79 Å². The molecule has 5 nitrogen and oxygen atoms in total. The maximum atomic E-state index is 12.2. The highest BCUT2D eigenvalue weighted by atomic mass is 16.6. The lowest BCUT2D eigenvalue weighted by molar-refractivity contribution is -0.169. The maximum absolute atomic E-state index is 12.2. The number of hydrogen-bond acceptors (Lipinski definition) is 5. The molecular weight excluding hydrogens is 366 g/mol. The van der Waals surface area contributed by atoms with E-state index in [1.807, 2.05) is 64.1 Å². The monoisotopic (exact) mass is 395 g/mol. The van der Waals surface area contributed by atoms with Crippen molar-refractivity contribution in [2.24, 2.45) is 0 Å². The Hall–Kier alpha value is -2.84. The second kappa shape index (κ2) is 10.6. The average Bonchev–Trinajstić information content (AvgIpc) is 2.69. The van der Waals surface area contributed by atoms with Crippen molar-refractivity contribution in [2.45, 2.75) is 52.2 Å². The SMILES string of the molecule is CCOC(CCCOc1ccc(-c2ccc(C#N)cc2)cc1)C(=O)OC(C)(C)C. The third-order valence-corrected chi connectivity index (χ3v) is 4.12. The Morgan fingerprint density at radius 2 is 1.62 bits per heavy atom. The molecule has 154 valence electrons. The number of nitrogens with zero attached hydrogens (tertiary/aromatic N) is 1. The first-order valence-electron chi connectivity index (χ1n) is 9.90. The number of esters is 1. The van der Waals surface area contributed by atoms with E-state index in [0.29, 0.717) is 31.6 Å². The molecule has 0 fully saturated rings. The summed E-state index contributed by atoms with van der Waals surface area (Å²) in [6, 6.07) is 17.4. The van der Waals surface area contributed by atoms with Crippen molar-refractivity contribution in [3.05, 3.63) is 54.1 Å². The molecule has 1 unspecified atom stereocenters. The van der Waals surface area contributed by atoms with Crippen LogP contribution < -0.4 is 4.74 Å². The quantitative estimate of drug-likeness (QED) is 0.435. The third-order valence-electron chi connectivity index (χ3n) is 4.12. The van der Waals surface area contributed by atoms with Gasteiger partial charge in [-0.3, -0.25) is 0 Å². The molecular formula is C24H29NO4. The van der Waals surface area contributed by atoms with E-state index in [4.69, 9.17) is 19.5 Å². The van der Waals surface area contributed by atoms with E-state index in [0.717, 1.165) is 16.9 Å². The van der Waals surface area contributed by atoms with Crippen LogP contribution in [-0.4, -0.2) is 30.9 Å². The molecule has 0 aliphatic rings. The lowest BCUT2D eigenvalue weighted by Crippen LogP contribution is -2.33. The summed E-state index contributed by atoms with van der Waals surface area (Å²) in [5.74, 6) is 0.443. The van der Waals surface area contributed by atoms with Crippen LogP contribution >= 0.6 is 0 Å². The molecule has 0 N–H and O–H groups in total. The van der Waals surface area contributed by atoms with Crippen LogP contribution in [0.15, 0.2) is 48.5 Å². The molecule has 0 aliphatic heterocycles. The molecule has 29 heavy (non-hydrogen) atoms.